The number of rotatable bonds is 24. The number of hydrogen-bond acceptors (Lipinski definition) is 6. The molecule has 0 atom stereocenters. The van der Waals surface area contributed by atoms with Crippen LogP contribution in [0.15, 0.2) is 0 Å². The largest absolute Gasteiger partial charge is 0.396 e. The van der Waals surface area contributed by atoms with Gasteiger partial charge in [-0.3, -0.25) is 0 Å². The van der Waals surface area contributed by atoms with Crippen molar-refractivity contribution in [1.82, 2.24) is 0 Å². The molecule has 0 radical (unpaired) electrons. The Morgan fingerprint density at radius 1 is 0.412 bits per heavy atom. The van der Waals surface area contributed by atoms with E-state index in [1.807, 2.05) is 0 Å². The minimum Gasteiger partial charge on any atom is -0.301 e. The normalized spacial score (nSPS) is 11.9. The van der Waals surface area contributed by atoms with E-state index in [-0.39, 0.29) is 0 Å². The zero-order valence-corrected chi connectivity index (χ0v) is 27.2. The summed E-state index contributed by atoms with van der Waals surface area (Å²) in [6, 6.07) is 0. The van der Waals surface area contributed by atoms with Crippen molar-refractivity contribution >= 4 is 43.6 Å². The van der Waals surface area contributed by atoms with Gasteiger partial charge >= 0.3 is 12.6 Å². The summed E-state index contributed by atoms with van der Waals surface area (Å²) in [6.45, 7) is 10.7. The maximum absolute atomic E-state index is 11.9. The first-order valence-corrected chi connectivity index (χ1v) is 20.5. The summed E-state index contributed by atoms with van der Waals surface area (Å²) < 4.78 is 44.4. The Morgan fingerprint density at radius 3 is 0.882 bits per heavy atom. The minimum absolute atomic E-state index is 0.504. The minimum atomic E-state index is -2.99. The SMILES string of the molecule is CCCCCCCOP(=O)(Br)OCCCCCCC.CCCCCOP(=O)(Br)OCCCCC. The monoisotopic (exact) mass is 656 g/mol. The van der Waals surface area contributed by atoms with Gasteiger partial charge < -0.3 is 18.1 Å². The molecule has 0 amide bonds. The summed E-state index contributed by atoms with van der Waals surface area (Å²) in [5.74, 6) is 0. The van der Waals surface area contributed by atoms with Crippen LogP contribution in [0.4, 0.5) is 0 Å². The lowest BCUT2D eigenvalue weighted by Crippen LogP contribution is -1.95. The summed E-state index contributed by atoms with van der Waals surface area (Å²) in [7, 11) is 0. The Bertz CT molecular complexity index is 476. The van der Waals surface area contributed by atoms with Crippen LogP contribution in [0.5, 0.6) is 0 Å². The second kappa shape index (κ2) is 27.3. The number of unbranched alkanes of at least 4 members (excludes halogenated alkanes) is 12. The fourth-order valence-electron chi connectivity index (χ4n) is 2.88. The molecule has 0 spiro atoms. The molecule has 208 valence electrons. The maximum atomic E-state index is 11.9. The van der Waals surface area contributed by atoms with Crippen LogP contribution in [0.1, 0.15) is 130 Å². The molecule has 0 bridgehead atoms. The molecule has 34 heavy (non-hydrogen) atoms. The third kappa shape index (κ3) is 31.3. The fourth-order valence-corrected chi connectivity index (χ4v) is 6.16. The molecule has 6 nitrogen and oxygen atoms in total. The molecule has 0 fully saturated rings. The van der Waals surface area contributed by atoms with Crippen LogP contribution in [-0.4, -0.2) is 26.4 Å². The van der Waals surface area contributed by atoms with Crippen LogP contribution in [0, 0.1) is 0 Å². The van der Waals surface area contributed by atoms with E-state index in [0.717, 1.165) is 64.2 Å². The Labute approximate surface area is 226 Å². The molecule has 0 N–H and O–H groups in total. The zero-order valence-electron chi connectivity index (χ0n) is 22.2. The standard InChI is InChI=1S/C14H30BrO3P.C10H22BrO3P/c1-3-5-7-9-11-13-17-19(15,16)18-14-12-10-8-6-4-2;1-3-5-7-9-13-15(11,12)14-10-8-6-4-2/h3-14H2,1-2H3;3-10H2,1-2H3. The van der Waals surface area contributed by atoms with Gasteiger partial charge in [-0.05, 0) is 25.7 Å². The van der Waals surface area contributed by atoms with Crippen molar-refractivity contribution < 1.29 is 27.2 Å². The Hall–Kier alpha value is 1.26. The van der Waals surface area contributed by atoms with Gasteiger partial charge in [0, 0.05) is 31.0 Å². The van der Waals surface area contributed by atoms with E-state index < -0.39 is 12.6 Å². The van der Waals surface area contributed by atoms with Gasteiger partial charge in [0.2, 0.25) is 0 Å². The van der Waals surface area contributed by atoms with Crippen molar-refractivity contribution in [3.8, 4) is 0 Å². The van der Waals surface area contributed by atoms with E-state index in [9.17, 15) is 9.13 Å². The second-order valence-corrected chi connectivity index (χ2v) is 16.4. The molecule has 0 aromatic heterocycles. The van der Waals surface area contributed by atoms with Crippen LogP contribution < -0.4 is 0 Å². The first kappa shape index (κ1) is 37.4. The van der Waals surface area contributed by atoms with Gasteiger partial charge in [0.1, 0.15) is 0 Å². The molecule has 0 aliphatic rings. The molecule has 0 aromatic rings. The summed E-state index contributed by atoms with van der Waals surface area (Å²) >= 11 is 6.06. The van der Waals surface area contributed by atoms with Crippen LogP contribution in [-0.2, 0) is 27.2 Å². The van der Waals surface area contributed by atoms with Crippen LogP contribution in [0.2, 0.25) is 0 Å². The van der Waals surface area contributed by atoms with Gasteiger partial charge in [-0.2, -0.15) is 0 Å². The highest BCUT2D eigenvalue weighted by Gasteiger charge is 2.19. The molecule has 0 saturated carbocycles. The van der Waals surface area contributed by atoms with Gasteiger partial charge in [0.25, 0.3) is 0 Å². The predicted octanol–water partition coefficient (Wildman–Crippen LogP) is 11.4. The average Bonchev–Trinajstić information content (AvgIpc) is 2.79. The zero-order chi connectivity index (χ0) is 26.0. The van der Waals surface area contributed by atoms with Crippen molar-refractivity contribution in [1.29, 1.82) is 0 Å². The van der Waals surface area contributed by atoms with E-state index >= 15 is 0 Å². The molecule has 0 aliphatic carbocycles. The lowest BCUT2D eigenvalue weighted by molar-refractivity contribution is 0.213. The van der Waals surface area contributed by atoms with Gasteiger partial charge in [-0.15, -0.1) is 0 Å². The van der Waals surface area contributed by atoms with E-state index in [1.54, 1.807) is 0 Å². The van der Waals surface area contributed by atoms with Crippen LogP contribution in [0.25, 0.3) is 0 Å². The molecular formula is C24H52Br2O6P2. The fraction of sp³-hybridized carbons (Fsp3) is 1.00. The van der Waals surface area contributed by atoms with Crippen LogP contribution >= 0.6 is 43.6 Å². The van der Waals surface area contributed by atoms with E-state index in [2.05, 4.69) is 58.7 Å². The summed E-state index contributed by atoms with van der Waals surface area (Å²) in [5.41, 5.74) is 0. The van der Waals surface area contributed by atoms with Crippen LogP contribution in [0.3, 0.4) is 0 Å². The highest BCUT2D eigenvalue weighted by Crippen LogP contribution is 2.56. The molecule has 0 aromatic carbocycles. The number of hydrogen-bond donors (Lipinski definition) is 0. The molecule has 0 saturated heterocycles. The van der Waals surface area contributed by atoms with Gasteiger partial charge in [-0.1, -0.05) is 105 Å². The van der Waals surface area contributed by atoms with E-state index in [1.165, 1.54) is 38.5 Å². The van der Waals surface area contributed by atoms with Crippen molar-refractivity contribution in [2.45, 2.75) is 130 Å². The smallest absolute Gasteiger partial charge is 0.301 e. The topological polar surface area (TPSA) is 71.1 Å². The quantitative estimate of drug-likeness (QED) is 0.0759. The summed E-state index contributed by atoms with van der Waals surface area (Å²) in [6.07, 6.45) is 12.0. The summed E-state index contributed by atoms with van der Waals surface area (Å²) in [5, 5.41) is 0. The third-order valence-corrected chi connectivity index (χ3v) is 9.39. The van der Waals surface area contributed by atoms with Crippen molar-refractivity contribution in [2.75, 3.05) is 26.4 Å². The lowest BCUT2D eigenvalue weighted by Gasteiger charge is -2.12. The van der Waals surface area contributed by atoms with Gasteiger partial charge in [0.05, 0.1) is 26.4 Å². The first-order valence-electron chi connectivity index (χ1n) is 13.4. The second-order valence-electron chi connectivity index (χ2n) is 8.44. The Balaban J connectivity index is 0. The molecule has 0 aliphatic heterocycles. The first-order chi connectivity index (χ1) is 16.2. The van der Waals surface area contributed by atoms with Crippen molar-refractivity contribution in [3.05, 3.63) is 0 Å². The Morgan fingerprint density at radius 2 is 0.618 bits per heavy atom. The molecule has 0 unspecified atom stereocenters. The van der Waals surface area contributed by atoms with Gasteiger partial charge in [0.15, 0.2) is 0 Å². The average molecular weight is 658 g/mol. The van der Waals surface area contributed by atoms with E-state index in [4.69, 9.17) is 18.1 Å². The van der Waals surface area contributed by atoms with Gasteiger partial charge in [-0.25, -0.2) is 9.13 Å². The van der Waals surface area contributed by atoms with E-state index in [0.29, 0.717) is 26.4 Å². The predicted molar refractivity (Wildman–Crippen MR) is 153 cm³/mol. The molecular weight excluding hydrogens is 606 g/mol. The highest BCUT2D eigenvalue weighted by molar-refractivity contribution is 9.39. The molecule has 0 heterocycles. The Kier molecular flexibility index (Phi) is 30.0. The molecule has 10 heteroatoms. The number of halogens is 2. The molecule has 0 rings (SSSR count). The lowest BCUT2D eigenvalue weighted by atomic mass is 10.2. The van der Waals surface area contributed by atoms with Crippen molar-refractivity contribution in [2.24, 2.45) is 0 Å². The maximum Gasteiger partial charge on any atom is 0.396 e. The third-order valence-electron chi connectivity index (χ3n) is 4.97. The summed E-state index contributed by atoms with van der Waals surface area (Å²) in [4.78, 5) is 0. The highest BCUT2D eigenvalue weighted by atomic mass is 79.9. The van der Waals surface area contributed by atoms with Crippen molar-refractivity contribution in [3.63, 3.8) is 0 Å².